The number of nitro groups is 1. The smallest absolute Gasteiger partial charge is 0.270 e. The van der Waals surface area contributed by atoms with Crippen LogP contribution in [-0.2, 0) is 4.79 Å². The van der Waals surface area contributed by atoms with Crippen molar-refractivity contribution >= 4 is 35.0 Å². The number of carbonyl (C=O) groups is 2. The second-order valence-electron chi connectivity index (χ2n) is 5.22. The third-order valence-electron chi connectivity index (χ3n) is 3.41. The molecule has 0 aliphatic rings. The van der Waals surface area contributed by atoms with E-state index in [1.54, 1.807) is 6.07 Å². The lowest BCUT2D eigenvalue weighted by molar-refractivity contribution is -0.384. The minimum atomic E-state index is -0.567. The number of amides is 2. The van der Waals surface area contributed by atoms with Crippen LogP contribution in [0.25, 0.3) is 0 Å². The van der Waals surface area contributed by atoms with Gasteiger partial charge in [-0.15, -0.1) is 11.8 Å². The van der Waals surface area contributed by atoms with Crippen LogP contribution in [0.3, 0.4) is 0 Å². The van der Waals surface area contributed by atoms with E-state index in [0.717, 1.165) is 4.90 Å². The van der Waals surface area contributed by atoms with Crippen LogP contribution in [-0.4, -0.2) is 41.5 Å². The highest BCUT2D eigenvalue weighted by atomic mass is 32.2. The van der Waals surface area contributed by atoms with Gasteiger partial charge >= 0.3 is 0 Å². The fourth-order valence-corrected chi connectivity index (χ4v) is 2.75. The number of carbonyl (C=O) groups excluding carboxylic acids is 2. The predicted octanol–water partition coefficient (Wildman–Crippen LogP) is 3.03. The number of hydrogen-bond donors (Lipinski definition) is 1. The van der Waals surface area contributed by atoms with E-state index in [-0.39, 0.29) is 23.7 Å². The molecule has 25 heavy (non-hydrogen) atoms. The number of anilines is 1. The van der Waals surface area contributed by atoms with E-state index in [4.69, 9.17) is 0 Å². The molecule has 0 spiro atoms. The molecule has 1 N–H and O–H groups in total. The van der Waals surface area contributed by atoms with Gasteiger partial charge in [-0.3, -0.25) is 19.7 Å². The molecule has 0 unspecified atom stereocenters. The summed E-state index contributed by atoms with van der Waals surface area (Å²) in [4.78, 5) is 36.9. The molecule has 0 heterocycles. The number of para-hydroxylation sites is 1. The van der Waals surface area contributed by atoms with Gasteiger partial charge < -0.3 is 10.2 Å². The summed E-state index contributed by atoms with van der Waals surface area (Å²) in [7, 11) is 1.47. The number of thioether (sulfide) groups is 1. The molecule has 130 valence electrons. The lowest BCUT2D eigenvalue weighted by atomic mass is 10.2. The largest absolute Gasteiger partial charge is 0.332 e. The SMILES string of the molecule is CSc1ccccc1NC(=O)CN(C)C(=O)c1cccc([N+](=O)[O-])c1. The van der Waals surface area contributed by atoms with Crippen molar-refractivity contribution in [3.8, 4) is 0 Å². The van der Waals surface area contributed by atoms with Crippen molar-refractivity contribution in [1.82, 2.24) is 4.90 Å². The Balaban J connectivity index is 2.04. The summed E-state index contributed by atoms with van der Waals surface area (Å²) in [6, 6.07) is 12.8. The lowest BCUT2D eigenvalue weighted by Gasteiger charge is -2.17. The maximum absolute atomic E-state index is 12.3. The van der Waals surface area contributed by atoms with Crippen molar-refractivity contribution in [1.29, 1.82) is 0 Å². The van der Waals surface area contributed by atoms with Crippen molar-refractivity contribution in [2.24, 2.45) is 0 Å². The summed E-state index contributed by atoms with van der Waals surface area (Å²) in [5, 5.41) is 13.6. The van der Waals surface area contributed by atoms with Crippen LogP contribution >= 0.6 is 11.8 Å². The zero-order chi connectivity index (χ0) is 18.4. The highest BCUT2D eigenvalue weighted by Crippen LogP contribution is 2.24. The van der Waals surface area contributed by atoms with Gasteiger partial charge in [-0.05, 0) is 24.5 Å². The van der Waals surface area contributed by atoms with Crippen LogP contribution in [0, 0.1) is 10.1 Å². The molecule has 0 aromatic heterocycles. The Morgan fingerprint density at radius 1 is 1.20 bits per heavy atom. The first-order valence-corrected chi connectivity index (χ1v) is 8.57. The van der Waals surface area contributed by atoms with Crippen LogP contribution in [0.2, 0.25) is 0 Å². The van der Waals surface area contributed by atoms with Gasteiger partial charge in [0.2, 0.25) is 5.91 Å². The molecular weight excluding hydrogens is 342 g/mol. The summed E-state index contributed by atoms with van der Waals surface area (Å²) in [6.07, 6.45) is 1.91. The highest BCUT2D eigenvalue weighted by Gasteiger charge is 2.18. The summed E-state index contributed by atoms with van der Waals surface area (Å²) in [5.74, 6) is -0.806. The number of non-ortho nitro benzene ring substituents is 1. The third kappa shape index (κ3) is 4.80. The zero-order valence-corrected chi connectivity index (χ0v) is 14.6. The van der Waals surface area contributed by atoms with Crippen molar-refractivity contribution in [2.45, 2.75) is 4.90 Å². The van der Waals surface area contributed by atoms with Crippen molar-refractivity contribution in [3.63, 3.8) is 0 Å². The van der Waals surface area contributed by atoms with E-state index in [1.807, 2.05) is 24.5 Å². The van der Waals surface area contributed by atoms with Crippen LogP contribution in [0.15, 0.2) is 53.4 Å². The van der Waals surface area contributed by atoms with Gasteiger partial charge in [-0.1, -0.05) is 18.2 Å². The number of hydrogen-bond acceptors (Lipinski definition) is 5. The second-order valence-corrected chi connectivity index (χ2v) is 6.07. The van der Waals surface area contributed by atoms with Crippen LogP contribution < -0.4 is 5.32 Å². The third-order valence-corrected chi connectivity index (χ3v) is 4.21. The quantitative estimate of drug-likeness (QED) is 0.486. The first-order valence-electron chi connectivity index (χ1n) is 7.35. The standard InChI is InChI=1S/C17H17N3O4S/c1-19(17(22)12-6-5-7-13(10-12)20(23)24)11-16(21)18-14-8-3-4-9-15(14)25-2/h3-10H,11H2,1-2H3,(H,18,21). The van der Waals surface area contributed by atoms with Crippen molar-refractivity contribution < 1.29 is 14.5 Å². The first kappa shape index (κ1) is 18.5. The van der Waals surface area contributed by atoms with Gasteiger partial charge in [0.05, 0.1) is 17.2 Å². The Hall–Kier alpha value is -2.87. The Bertz CT molecular complexity index is 810. The minimum absolute atomic E-state index is 0.161. The maximum atomic E-state index is 12.3. The summed E-state index contributed by atoms with van der Waals surface area (Å²) in [6.45, 7) is -0.162. The minimum Gasteiger partial charge on any atom is -0.332 e. The van der Waals surface area contributed by atoms with Gasteiger partial charge in [-0.2, -0.15) is 0 Å². The summed E-state index contributed by atoms with van der Waals surface area (Å²) in [5.41, 5.74) is 0.669. The van der Waals surface area contributed by atoms with Gasteiger partial charge in [0.15, 0.2) is 0 Å². The number of benzene rings is 2. The monoisotopic (exact) mass is 359 g/mol. The molecular formula is C17H17N3O4S. The number of nitro benzene ring substituents is 1. The van der Waals surface area contributed by atoms with Crippen LogP contribution in [0.1, 0.15) is 10.4 Å². The Morgan fingerprint density at radius 3 is 2.60 bits per heavy atom. The molecule has 0 aliphatic carbocycles. The van der Waals surface area contributed by atoms with Gasteiger partial charge in [0.1, 0.15) is 0 Å². The summed E-state index contributed by atoms with van der Waals surface area (Å²) >= 11 is 1.50. The van der Waals surface area contributed by atoms with Crippen LogP contribution in [0.4, 0.5) is 11.4 Å². The van der Waals surface area contributed by atoms with Gasteiger partial charge in [-0.25, -0.2) is 0 Å². The molecule has 0 radical (unpaired) electrons. The van der Waals surface area contributed by atoms with E-state index in [0.29, 0.717) is 5.69 Å². The molecule has 0 bridgehead atoms. The molecule has 0 saturated heterocycles. The Labute approximate surface area is 149 Å². The highest BCUT2D eigenvalue weighted by molar-refractivity contribution is 7.98. The number of nitrogens with zero attached hydrogens (tertiary/aromatic N) is 2. The molecule has 8 heteroatoms. The number of rotatable bonds is 6. The molecule has 0 saturated carbocycles. The van der Waals surface area contributed by atoms with E-state index >= 15 is 0 Å². The van der Waals surface area contributed by atoms with Crippen molar-refractivity contribution in [3.05, 3.63) is 64.2 Å². The Morgan fingerprint density at radius 2 is 1.92 bits per heavy atom. The maximum Gasteiger partial charge on any atom is 0.270 e. The van der Waals surface area contributed by atoms with Crippen molar-refractivity contribution in [2.75, 3.05) is 25.2 Å². The number of nitrogens with one attached hydrogen (secondary N) is 1. The van der Waals surface area contributed by atoms with E-state index in [1.165, 1.54) is 48.0 Å². The molecule has 7 nitrogen and oxygen atoms in total. The molecule has 0 fully saturated rings. The van der Waals surface area contributed by atoms with Crippen LogP contribution in [0.5, 0.6) is 0 Å². The predicted molar refractivity (Wildman–Crippen MR) is 96.9 cm³/mol. The normalized spacial score (nSPS) is 10.2. The molecule has 0 aliphatic heterocycles. The average Bonchev–Trinajstić information content (AvgIpc) is 2.61. The van der Waals surface area contributed by atoms with E-state index in [9.17, 15) is 19.7 Å². The van der Waals surface area contributed by atoms with E-state index < -0.39 is 10.8 Å². The first-order chi connectivity index (χ1) is 11.9. The Kier molecular flexibility index (Phi) is 6.13. The molecule has 2 aromatic carbocycles. The summed E-state index contributed by atoms with van der Waals surface area (Å²) < 4.78 is 0. The topological polar surface area (TPSA) is 92.6 Å². The average molecular weight is 359 g/mol. The molecule has 2 amide bonds. The fourth-order valence-electron chi connectivity index (χ4n) is 2.20. The number of likely N-dealkylation sites (N-methyl/N-ethyl adjacent to an activating group) is 1. The molecule has 2 aromatic rings. The van der Waals surface area contributed by atoms with Gasteiger partial charge in [0, 0.05) is 29.6 Å². The molecule has 0 atom stereocenters. The fraction of sp³-hybridized carbons (Fsp3) is 0.176. The van der Waals surface area contributed by atoms with E-state index in [2.05, 4.69) is 5.32 Å². The zero-order valence-electron chi connectivity index (χ0n) is 13.8. The van der Waals surface area contributed by atoms with Gasteiger partial charge in [0.25, 0.3) is 11.6 Å². The molecule has 2 rings (SSSR count). The second kappa shape index (κ2) is 8.29. The lowest BCUT2D eigenvalue weighted by Crippen LogP contribution is -2.35.